The fourth-order valence-electron chi connectivity index (χ4n) is 3.38. The van der Waals surface area contributed by atoms with Gasteiger partial charge in [0, 0.05) is 5.02 Å². The molecule has 0 aliphatic rings. The van der Waals surface area contributed by atoms with Gasteiger partial charge < -0.3 is 11.1 Å². The predicted molar refractivity (Wildman–Crippen MR) is 124 cm³/mol. The monoisotopic (exact) mass is 468 g/mol. The summed E-state index contributed by atoms with van der Waals surface area (Å²) in [5, 5.41) is 4.82. The number of aromatic nitrogens is 2. The largest absolute Gasteiger partial charge is 0.366 e. The van der Waals surface area contributed by atoms with Crippen LogP contribution < -0.4 is 22.2 Å². The maximum atomic E-state index is 13.0. The summed E-state index contributed by atoms with van der Waals surface area (Å²) in [6.07, 6.45) is 0. The van der Waals surface area contributed by atoms with E-state index in [1.807, 2.05) is 30.3 Å². The number of hydrogen-bond acceptors (Lipinski definition) is 5. The van der Waals surface area contributed by atoms with Crippen LogP contribution in [0.4, 0.5) is 5.00 Å². The van der Waals surface area contributed by atoms with E-state index in [4.69, 9.17) is 17.3 Å². The number of nitrogens with two attached hydrogens (primary N) is 1. The molecule has 0 atom stereocenters. The van der Waals surface area contributed by atoms with Crippen LogP contribution in [0.1, 0.15) is 15.9 Å². The lowest BCUT2D eigenvalue weighted by molar-refractivity contribution is -0.116. The summed E-state index contributed by atoms with van der Waals surface area (Å²) < 4.78 is 2.44. The maximum absolute atomic E-state index is 13.0. The van der Waals surface area contributed by atoms with Crippen molar-refractivity contribution in [2.24, 2.45) is 5.73 Å². The Labute approximate surface area is 190 Å². The summed E-state index contributed by atoms with van der Waals surface area (Å²) >= 11 is 7.28. The van der Waals surface area contributed by atoms with Crippen LogP contribution in [0, 0.1) is 0 Å². The summed E-state index contributed by atoms with van der Waals surface area (Å²) in [6, 6.07) is 15.5. The van der Waals surface area contributed by atoms with Crippen molar-refractivity contribution >= 4 is 50.8 Å². The minimum absolute atomic E-state index is 0.168. The zero-order valence-electron chi connectivity index (χ0n) is 16.6. The molecule has 0 fully saturated rings. The molecule has 0 aliphatic heterocycles. The van der Waals surface area contributed by atoms with Gasteiger partial charge in [0.1, 0.15) is 11.5 Å². The Bertz CT molecular complexity index is 1460. The minimum Gasteiger partial charge on any atom is -0.366 e. The van der Waals surface area contributed by atoms with Crippen LogP contribution in [0.25, 0.3) is 11.0 Å². The first-order valence-electron chi connectivity index (χ1n) is 9.49. The van der Waals surface area contributed by atoms with E-state index >= 15 is 0 Å². The number of thiophene rings is 1. The lowest BCUT2D eigenvalue weighted by atomic mass is 10.2. The zero-order valence-corrected chi connectivity index (χ0v) is 18.2. The minimum atomic E-state index is -0.854. The molecule has 162 valence electrons. The number of benzene rings is 2. The fourth-order valence-corrected chi connectivity index (χ4v) is 4.36. The second-order valence-electron chi connectivity index (χ2n) is 6.98. The first kappa shape index (κ1) is 21.5. The fraction of sp³-hybridized carbons (Fsp3) is 0.0909. The Balaban J connectivity index is 1.77. The molecule has 10 heteroatoms. The Kier molecular flexibility index (Phi) is 5.93. The molecule has 2 aromatic carbocycles. The standard InChI is InChI=1S/C22H17ClN4O4S/c23-14-6-7-16-17(10-14)27(12-18(28)25-20-15(19(24)29)8-9-32-20)22(31)21(30)26(16)11-13-4-2-1-3-5-13/h1-10H,11-12H2,(H2,24,29)(H,25,28). The summed E-state index contributed by atoms with van der Waals surface area (Å²) in [7, 11) is 0. The van der Waals surface area contributed by atoms with Crippen LogP contribution >= 0.6 is 22.9 Å². The predicted octanol–water partition coefficient (Wildman–Crippen LogP) is 2.66. The number of carbonyl (C=O) groups excluding carboxylic acids is 2. The summed E-state index contributed by atoms with van der Waals surface area (Å²) in [5.74, 6) is -1.27. The van der Waals surface area contributed by atoms with E-state index in [1.165, 1.54) is 16.7 Å². The molecule has 8 nitrogen and oxygen atoms in total. The quantitative estimate of drug-likeness (QED) is 0.423. The molecular formula is C22H17ClN4O4S. The van der Waals surface area contributed by atoms with Gasteiger partial charge in [-0.25, -0.2) is 0 Å². The van der Waals surface area contributed by atoms with E-state index in [2.05, 4.69) is 5.32 Å². The van der Waals surface area contributed by atoms with Crippen molar-refractivity contribution in [1.82, 2.24) is 9.13 Å². The third-order valence-corrected chi connectivity index (χ3v) is 5.93. The Morgan fingerprint density at radius 2 is 1.69 bits per heavy atom. The number of nitrogens with one attached hydrogen (secondary N) is 1. The normalized spacial score (nSPS) is 10.9. The number of hydrogen-bond donors (Lipinski definition) is 2. The van der Waals surface area contributed by atoms with Crippen molar-refractivity contribution in [3.8, 4) is 0 Å². The molecule has 3 N–H and O–H groups in total. The molecule has 32 heavy (non-hydrogen) atoms. The maximum Gasteiger partial charge on any atom is 0.317 e. The number of carbonyl (C=O) groups is 2. The highest BCUT2D eigenvalue weighted by atomic mass is 35.5. The van der Waals surface area contributed by atoms with Gasteiger partial charge in [0.15, 0.2) is 0 Å². The molecule has 2 aromatic heterocycles. The van der Waals surface area contributed by atoms with Crippen molar-refractivity contribution in [2.75, 3.05) is 5.32 Å². The van der Waals surface area contributed by atoms with E-state index in [1.54, 1.807) is 17.5 Å². The van der Waals surface area contributed by atoms with Gasteiger partial charge in [-0.3, -0.25) is 28.3 Å². The summed E-state index contributed by atoms with van der Waals surface area (Å²) in [4.78, 5) is 50.0. The summed E-state index contributed by atoms with van der Waals surface area (Å²) in [6.45, 7) is -0.246. The molecule has 4 rings (SSSR count). The first-order chi connectivity index (χ1) is 15.3. The third-order valence-electron chi connectivity index (χ3n) is 4.86. The molecular weight excluding hydrogens is 452 g/mol. The highest BCUT2D eigenvalue weighted by Crippen LogP contribution is 2.23. The number of fused-ring (bicyclic) bond motifs is 1. The van der Waals surface area contributed by atoms with Crippen molar-refractivity contribution in [1.29, 1.82) is 0 Å². The molecule has 0 unspecified atom stereocenters. The van der Waals surface area contributed by atoms with Gasteiger partial charge in [0.2, 0.25) is 5.91 Å². The summed E-state index contributed by atoms with van der Waals surface area (Å²) in [5.41, 5.74) is 5.51. The van der Waals surface area contributed by atoms with Gasteiger partial charge in [0.05, 0.1) is 23.1 Å². The van der Waals surface area contributed by atoms with E-state index in [0.29, 0.717) is 16.1 Å². The Morgan fingerprint density at radius 3 is 2.41 bits per heavy atom. The number of anilines is 1. The van der Waals surface area contributed by atoms with Gasteiger partial charge in [-0.15, -0.1) is 11.3 Å². The van der Waals surface area contributed by atoms with Gasteiger partial charge in [-0.05, 0) is 35.2 Å². The molecule has 0 aliphatic carbocycles. The van der Waals surface area contributed by atoms with Crippen LogP contribution in [-0.4, -0.2) is 20.9 Å². The number of nitrogens with zero attached hydrogens (tertiary/aromatic N) is 2. The van der Waals surface area contributed by atoms with E-state index < -0.39 is 29.5 Å². The van der Waals surface area contributed by atoms with Crippen molar-refractivity contribution in [3.05, 3.63) is 96.8 Å². The van der Waals surface area contributed by atoms with E-state index in [-0.39, 0.29) is 17.1 Å². The second kappa shape index (κ2) is 8.81. The van der Waals surface area contributed by atoms with Crippen LogP contribution in [0.15, 0.2) is 69.6 Å². The number of amides is 2. The smallest absolute Gasteiger partial charge is 0.317 e. The van der Waals surface area contributed by atoms with Crippen LogP contribution in [0.3, 0.4) is 0 Å². The average molecular weight is 469 g/mol. The number of halogens is 1. The number of primary amides is 1. The molecule has 0 bridgehead atoms. The van der Waals surface area contributed by atoms with Gasteiger partial charge in [-0.1, -0.05) is 41.9 Å². The van der Waals surface area contributed by atoms with E-state index in [9.17, 15) is 19.2 Å². The van der Waals surface area contributed by atoms with E-state index in [0.717, 1.165) is 21.5 Å². The van der Waals surface area contributed by atoms with Crippen molar-refractivity contribution in [3.63, 3.8) is 0 Å². The highest BCUT2D eigenvalue weighted by molar-refractivity contribution is 7.14. The molecule has 0 saturated carbocycles. The van der Waals surface area contributed by atoms with Gasteiger partial charge >= 0.3 is 11.1 Å². The molecule has 0 radical (unpaired) electrons. The van der Waals surface area contributed by atoms with Gasteiger partial charge in [0.25, 0.3) is 5.91 Å². The lowest BCUT2D eigenvalue weighted by Crippen LogP contribution is -2.43. The second-order valence-corrected chi connectivity index (χ2v) is 8.33. The first-order valence-corrected chi connectivity index (χ1v) is 10.7. The van der Waals surface area contributed by atoms with Crippen molar-refractivity contribution < 1.29 is 9.59 Å². The third kappa shape index (κ3) is 4.20. The van der Waals surface area contributed by atoms with Gasteiger partial charge in [-0.2, -0.15) is 0 Å². The average Bonchev–Trinajstić information content (AvgIpc) is 3.23. The van der Waals surface area contributed by atoms with Crippen LogP contribution in [0.2, 0.25) is 5.02 Å². The highest BCUT2D eigenvalue weighted by Gasteiger charge is 2.18. The molecule has 2 amide bonds. The Hall–Kier alpha value is -3.69. The number of rotatable bonds is 6. The Morgan fingerprint density at radius 1 is 0.969 bits per heavy atom. The zero-order chi connectivity index (χ0) is 22.8. The lowest BCUT2D eigenvalue weighted by Gasteiger charge is -2.15. The SMILES string of the molecule is NC(=O)c1ccsc1NC(=O)Cn1c(=O)c(=O)n(Cc2ccccc2)c2ccc(Cl)cc21. The van der Waals surface area contributed by atoms with Crippen LogP contribution in [-0.2, 0) is 17.9 Å². The molecule has 0 saturated heterocycles. The molecule has 4 aromatic rings. The molecule has 0 spiro atoms. The van der Waals surface area contributed by atoms with Crippen LogP contribution in [0.5, 0.6) is 0 Å². The van der Waals surface area contributed by atoms with Crippen molar-refractivity contribution in [2.45, 2.75) is 13.1 Å². The molecule has 2 heterocycles. The topological polar surface area (TPSA) is 116 Å².